The van der Waals surface area contributed by atoms with Crippen LogP contribution in [0.3, 0.4) is 0 Å². The summed E-state index contributed by atoms with van der Waals surface area (Å²) in [6.45, 7) is 1.99. The third-order valence-corrected chi connectivity index (χ3v) is 2.33. The zero-order chi connectivity index (χ0) is 10.5. The molecule has 2 heterocycles. The number of nitrogens with zero attached hydrogens (tertiary/aromatic N) is 2. The van der Waals surface area contributed by atoms with Crippen LogP contribution in [0.15, 0.2) is 12.4 Å². The first-order valence-corrected chi connectivity index (χ1v) is 5.04. The van der Waals surface area contributed by atoms with Crippen LogP contribution in [0.1, 0.15) is 18.5 Å². The first-order valence-electron chi connectivity index (χ1n) is 5.04. The van der Waals surface area contributed by atoms with Gasteiger partial charge in [-0.05, 0) is 31.9 Å². The molecule has 2 rings (SSSR count). The van der Waals surface area contributed by atoms with E-state index >= 15 is 0 Å². The number of aromatic nitrogens is 2. The van der Waals surface area contributed by atoms with Gasteiger partial charge in [0.15, 0.2) is 0 Å². The summed E-state index contributed by atoms with van der Waals surface area (Å²) in [6, 6.07) is 0. The molecule has 0 aliphatic carbocycles. The zero-order valence-corrected chi connectivity index (χ0v) is 8.44. The standard InChI is InChI=1S/C11H13N3O/c1-2-9-7-13-8-11(14-9)15-10-3-5-12-6-4-10/h1,7-8,10,12H,3-6H2. The number of hydrogen-bond acceptors (Lipinski definition) is 4. The lowest BCUT2D eigenvalue weighted by atomic mass is 10.1. The molecule has 1 aliphatic rings. The number of hydrogen-bond donors (Lipinski definition) is 1. The topological polar surface area (TPSA) is 47.0 Å². The summed E-state index contributed by atoms with van der Waals surface area (Å²) in [5.41, 5.74) is 0.515. The van der Waals surface area contributed by atoms with Gasteiger partial charge in [0.2, 0.25) is 5.88 Å². The van der Waals surface area contributed by atoms with Gasteiger partial charge in [0, 0.05) is 0 Å². The molecule has 1 fully saturated rings. The Kier molecular flexibility index (Phi) is 3.15. The molecule has 0 bridgehead atoms. The maximum atomic E-state index is 5.69. The normalized spacial score (nSPS) is 17.0. The Morgan fingerprint density at radius 2 is 2.20 bits per heavy atom. The van der Waals surface area contributed by atoms with E-state index in [1.807, 2.05) is 0 Å². The predicted molar refractivity (Wildman–Crippen MR) is 56.5 cm³/mol. The first-order chi connectivity index (χ1) is 7.38. The highest BCUT2D eigenvalue weighted by molar-refractivity contribution is 5.23. The average molecular weight is 203 g/mol. The molecule has 1 aromatic rings. The molecular formula is C11H13N3O. The van der Waals surface area contributed by atoms with Gasteiger partial charge in [-0.15, -0.1) is 6.42 Å². The molecule has 15 heavy (non-hydrogen) atoms. The smallest absolute Gasteiger partial charge is 0.233 e. The fraction of sp³-hybridized carbons (Fsp3) is 0.455. The van der Waals surface area contributed by atoms with Gasteiger partial charge in [0.05, 0.1) is 12.4 Å². The van der Waals surface area contributed by atoms with Crippen molar-refractivity contribution in [1.29, 1.82) is 0 Å². The van der Waals surface area contributed by atoms with E-state index in [2.05, 4.69) is 21.2 Å². The summed E-state index contributed by atoms with van der Waals surface area (Å²) in [5.74, 6) is 2.96. The van der Waals surface area contributed by atoms with Crippen LogP contribution in [-0.4, -0.2) is 29.2 Å². The summed E-state index contributed by atoms with van der Waals surface area (Å²) in [7, 11) is 0. The van der Waals surface area contributed by atoms with Crippen molar-refractivity contribution >= 4 is 0 Å². The molecule has 4 nitrogen and oxygen atoms in total. The van der Waals surface area contributed by atoms with E-state index in [-0.39, 0.29) is 6.10 Å². The minimum Gasteiger partial charge on any atom is -0.473 e. The Bertz CT molecular complexity index is 366. The lowest BCUT2D eigenvalue weighted by molar-refractivity contribution is 0.155. The van der Waals surface area contributed by atoms with Crippen molar-refractivity contribution in [2.24, 2.45) is 0 Å². The quantitative estimate of drug-likeness (QED) is 0.715. The fourth-order valence-corrected chi connectivity index (χ4v) is 1.56. The van der Waals surface area contributed by atoms with Crippen LogP contribution in [-0.2, 0) is 0 Å². The second-order valence-electron chi connectivity index (χ2n) is 3.45. The van der Waals surface area contributed by atoms with E-state index in [0.29, 0.717) is 11.6 Å². The highest BCUT2D eigenvalue weighted by atomic mass is 16.5. The minimum atomic E-state index is 0.230. The van der Waals surface area contributed by atoms with Crippen LogP contribution in [0.4, 0.5) is 0 Å². The second kappa shape index (κ2) is 4.76. The third-order valence-electron chi connectivity index (χ3n) is 2.33. The van der Waals surface area contributed by atoms with Gasteiger partial charge < -0.3 is 10.1 Å². The molecule has 1 aliphatic heterocycles. The molecule has 4 heteroatoms. The molecular weight excluding hydrogens is 190 g/mol. The van der Waals surface area contributed by atoms with Crippen molar-refractivity contribution in [3.8, 4) is 18.2 Å². The summed E-state index contributed by atoms with van der Waals surface area (Å²) in [6.07, 6.45) is 10.6. The summed E-state index contributed by atoms with van der Waals surface area (Å²) in [4.78, 5) is 8.12. The van der Waals surface area contributed by atoms with Crippen LogP contribution in [0.25, 0.3) is 0 Å². The Hall–Kier alpha value is -1.60. The van der Waals surface area contributed by atoms with E-state index in [1.165, 1.54) is 0 Å². The predicted octanol–water partition coefficient (Wildman–Crippen LogP) is 0.589. The van der Waals surface area contributed by atoms with E-state index < -0.39 is 0 Å². The molecule has 1 aromatic heterocycles. The molecule has 1 N–H and O–H groups in total. The van der Waals surface area contributed by atoms with Crippen LogP contribution in [0.2, 0.25) is 0 Å². The lowest BCUT2D eigenvalue weighted by Crippen LogP contribution is -2.34. The molecule has 0 spiro atoms. The fourth-order valence-electron chi connectivity index (χ4n) is 1.56. The lowest BCUT2D eigenvalue weighted by Gasteiger charge is -2.22. The van der Waals surface area contributed by atoms with Gasteiger partial charge in [-0.1, -0.05) is 0 Å². The van der Waals surface area contributed by atoms with Crippen molar-refractivity contribution < 1.29 is 4.74 Å². The Morgan fingerprint density at radius 1 is 1.40 bits per heavy atom. The van der Waals surface area contributed by atoms with Gasteiger partial charge in [-0.3, -0.25) is 4.98 Å². The number of nitrogens with one attached hydrogen (secondary N) is 1. The Morgan fingerprint density at radius 3 is 2.93 bits per heavy atom. The van der Waals surface area contributed by atoms with E-state index in [9.17, 15) is 0 Å². The highest BCUT2D eigenvalue weighted by Gasteiger charge is 2.14. The van der Waals surface area contributed by atoms with Crippen LogP contribution in [0.5, 0.6) is 5.88 Å². The molecule has 0 amide bonds. The van der Waals surface area contributed by atoms with Crippen molar-refractivity contribution in [3.05, 3.63) is 18.1 Å². The number of ether oxygens (including phenoxy) is 1. The summed E-state index contributed by atoms with van der Waals surface area (Å²) in [5, 5.41) is 3.27. The highest BCUT2D eigenvalue weighted by Crippen LogP contribution is 2.12. The van der Waals surface area contributed by atoms with Gasteiger partial charge in [-0.2, -0.15) is 0 Å². The minimum absolute atomic E-state index is 0.230. The summed E-state index contributed by atoms with van der Waals surface area (Å²) >= 11 is 0. The van der Waals surface area contributed by atoms with E-state index in [0.717, 1.165) is 25.9 Å². The molecule has 78 valence electrons. The van der Waals surface area contributed by atoms with Gasteiger partial charge in [0.25, 0.3) is 0 Å². The van der Waals surface area contributed by atoms with E-state index in [4.69, 9.17) is 11.2 Å². The molecule has 0 aromatic carbocycles. The second-order valence-corrected chi connectivity index (χ2v) is 3.45. The summed E-state index contributed by atoms with van der Waals surface area (Å²) < 4.78 is 5.69. The molecule has 0 saturated carbocycles. The molecule has 0 radical (unpaired) electrons. The van der Waals surface area contributed by atoms with Gasteiger partial charge in [0.1, 0.15) is 11.8 Å². The monoisotopic (exact) mass is 203 g/mol. The van der Waals surface area contributed by atoms with Crippen molar-refractivity contribution in [3.63, 3.8) is 0 Å². The first kappa shape index (κ1) is 9.94. The largest absolute Gasteiger partial charge is 0.473 e. The molecule has 1 saturated heterocycles. The number of rotatable bonds is 2. The Balaban J connectivity index is 2.00. The third kappa shape index (κ3) is 2.67. The van der Waals surface area contributed by atoms with E-state index in [1.54, 1.807) is 12.4 Å². The van der Waals surface area contributed by atoms with Crippen molar-refractivity contribution in [2.45, 2.75) is 18.9 Å². The number of piperidine rings is 1. The van der Waals surface area contributed by atoms with Crippen molar-refractivity contribution in [2.75, 3.05) is 13.1 Å². The van der Waals surface area contributed by atoms with Crippen molar-refractivity contribution in [1.82, 2.24) is 15.3 Å². The SMILES string of the molecule is C#Cc1cncc(OC2CCNCC2)n1. The van der Waals surface area contributed by atoms with Crippen LogP contribution in [0, 0.1) is 12.3 Å². The maximum Gasteiger partial charge on any atom is 0.233 e. The van der Waals surface area contributed by atoms with Gasteiger partial charge >= 0.3 is 0 Å². The van der Waals surface area contributed by atoms with Gasteiger partial charge in [-0.25, -0.2) is 4.98 Å². The Labute approximate surface area is 89.1 Å². The molecule has 0 atom stereocenters. The number of terminal acetylenes is 1. The maximum absolute atomic E-state index is 5.69. The molecule has 0 unspecified atom stereocenters. The van der Waals surface area contributed by atoms with Crippen LogP contribution >= 0.6 is 0 Å². The average Bonchev–Trinajstić information content (AvgIpc) is 2.31. The van der Waals surface area contributed by atoms with Crippen LogP contribution < -0.4 is 10.1 Å². The zero-order valence-electron chi connectivity index (χ0n) is 8.44.